The second kappa shape index (κ2) is 4.14. The number of likely N-dealkylation sites (tertiary alicyclic amines) is 1. The molecular formula is C12H19N3O2. The van der Waals surface area contributed by atoms with Crippen LogP contribution in [0.4, 0.5) is 0 Å². The first-order valence-corrected chi connectivity index (χ1v) is 5.88. The van der Waals surface area contributed by atoms with Crippen molar-refractivity contribution in [2.45, 2.75) is 26.8 Å². The van der Waals surface area contributed by atoms with Crippen molar-refractivity contribution in [3.05, 3.63) is 17.0 Å². The number of carbonyl (C=O) groups is 1. The van der Waals surface area contributed by atoms with Gasteiger partial charge in [-0.25, -0.2) is 0 Å². The largest absolute Gasteiger partial charge is 0.481 e. The third kappa shape index (κ3) is 1.95. The Kier molecular flexibility index (Phi) is 2.95. The number of carboxylic acids is 1. The van der Waals surface area contributed by atoms with Gasteiger partial charge in [-0.3, -0.25) is 14.4 Å². The molecule has 1 unspecified atom stereocenters. The highest BCUT2D eigenvalue weighted by Crippen LogP contribution is 2.31. The van der Waals surface area contributed by atoms with E-state index in [4.69, 9.17) is 5.11 Å². The lowest BCUT2D eigenvalue weighted by Crippen LogP contribution is -2.51. The van der Waals surface area contributed by atoms with Crippen LogP contribution in [0.1, 0.15) is 29.9 Å². The summed E-state index contributed by atoms with van der Waals surface area (Å²) in [7, 11) is 1.94. The molecule has 0 saturated carbocycles. The smallest absolute Gasteiger partial charge is 0.309 e. The molecule has 0 spiro atoms. The number of carboxylic acid groups (broad SMARTS) is 1. The zero-order valence-electron chi connectivity index (χ0n) is 10.8. The Morgan fingerprint density at radius 1 is 1.47 bits per heavy atom. The minimum Gasteiger partial charge on any atom is -0.481 e. The van der Waals surface area contributed by atoms with Gasteiger partial charge in [0.2, 0.25) is 0 Å². The summed E-state index contributed by atoms with van der Waals surface area (Å²) in [5.41, 5.74) is 3.43. The number of aliphatic carboxylic acids is 1. The van der Waals surface area contributed by atoms with Gasteiger partial charge < -0.3 is 5.11 Å². The Morgan fingerprint density at radius 2 is 2.06 bits per heavy atom. The highest BCUT2D eigenvalue weighted by atomic mass is 16.4. The van der Waals surface area contributed by atoms with Crippen molar-refractivity contribution in [1.82, 2.24) is 14.7 Å². The molecule has 0 aromatic carbocycles. The molecule has 17 heavy (non-hydrogen) atoms. The molecule has 0 amide bonds. The van der Waals surface area contributed by atoms with E-state index in [-0.39, 0.29) is 12.0 Å². The summed E-state index contributed by atoms with van der Waals surface area (Å²) in [5, 5.41) is 13.3. The molecule has 5 heteroatoms. The van der Waals surface area contributed by atoms with Crippen LogP contribution >= 0.6 is 0 Å². The fourth-order valence-electron chi connectivity index (χ4n) is 2.56. The maximum atomic E-state index is 10.8. The second-order valence-electron chi connectivity index (χ2n) is 4.87. The predicted octanol–water partition coefficient (Wildman–Crippen LogP) is 1.11. The molecule has 1 aliphatic heterocycles. The van der Waals surface area contributed by atoms with E-state index >= 15 is 0 Å². The number of nitrogens with zero attached hydrogens (tertiary/aromatic N) is 3. The Labute approximate surface area is 101 Å². The molecule has 1 aromatic rings. The maximum absolute atomic E-state index is 10.8. The molecule has 1 N–H and O–H groups in total. The number of hydrogen-bond donors (Lipinski definition) is 1. The Morgan fingerprint density at radius 3 is 2.47 bits per heavy atom. The molecule has 1 fully saturated rings. The van der Waals surface area contributed by atoms with Crippen molar-refractivity contribution < 1.29 is 9.90 Å². The third-order valence-corrected chi connectivity index (χ3v) is 3.79. The summed E-state index contributed by atoms with van der Waals surface area (Å²) in [4.78, 5) is 13.0. The predicted molar refractivity (Wildman–Crippen MR) is 63.8 cm³/mol. The Hall–Kier alpha value is -1.36. The summed E-state index contributed by atoms with van der Waals surface area (Å²) >= 11 is 0. The molecule has 1 saturated heterocycles. The van der Waals surface area contributed by atoms with Gasteiger partial charge in [-0.05, 0) is 20.8 Å². The first-order valence-electron chi connectivity index (χ1n) is 5.88. The molecule has 0 bridgehead atoms. The van der Waals surface area contributed by atoms with Crippen LogP contribution in [-0.4, -0.2) is 38.8 Å². The van der Waals surface area contributed by atoms with E-state index in [9.17, 15) is 4.79 Å². The van der Waals surface area contributed by atoms with E-state index < -0.39 is 5.97 Å². The van der Waals surface area contributed by atoms with E-state index in [1.807, 2.05) is 18.7 Å². The molecule has 1 aliphatic rings. The van der Waals surface area contributed by atoms with Gasteiger partial charge in [-0.1, -0.05) is 0 Å². The van der Waals surface area contributed by atoms with Gasteiger partial charge >= 0.3 is 5.97 Å². The van der Waals surface area contributed by atoms with Crippen molar-refractivity contribution in [1.29, 1.82) is 0 Å². The summed E-state index contributed by atoms with van der Waals surface area (Å²) < 4.78 is 1.88. The summed E-state index contributed by atoms with van der Waals surface area (Å²) in [5.74, 6) is -0.886. The van der Waals surface area contributed by atoms with E-state index in [1.54, 1.807) is 0 Å². The van der Waals surface area contributed by atoms with E-state index in [2.05, 4.69) is 23.8 Å². The fraction of sp³-hybridized carbons (Fsp3) is 0.667. The van der Waals surface area contributed by atoms with Crippen LogP contribution in [0.25, 0.3) is 0 Å². The Balaban J connectivity index is 2.11. The van der Waals surface area contributed by atoms with E-state index in [0.29, 0.717) is 13.1 Å². The first-order chi connectivity index (χ1) is 7.91. The van der Waals surface area contributed by atoms with Gasteiger partial charge in [0.25, 0.3) is 0 Å². The quantitative estimate of drug-likeness (QED) is 0.855. The summed E-state index contributed by atoms with van der Waals surface area (Å²) in [6.45, 7) is 7.47. The Bertz CT molecular complexity index is 447. The third-order valence-electron chi connectivity index (χ3n) is 3.79. The maximum Gasteiger partial charge on any atom is 0.309 e. The SMILES string of the molecule is Cc1nn(C)c(C)c1C(C)N1CC(C(=O)O)C1. The van der Waals surface area contributed by atoms with Crippen LogP contribution in [0.3, 0.4) is 0 Å². The van der Waals surface area contributed by atoms with Crippen LogP contribution in [0.5, 0.6) is 0 Å². The molecule has 0 aliphatic carbocycles. The van der Waals surface area contributed by atoms with Gasteiger partial charge in [0.15, 0.2) is 0 Å². The van der Waals surface area contributed by atoms with Gasteiger partial charge in [0.1, 0.15) is 0 Å². The van der Waals surface area contributed by atoms with Crippen LogP contribution in [0.15, 0.2) is 0 Å². The van der Waals surface area contributed by atoms with Crippen LogP contribution in [0.2, 0.25) is 0 Å². The van der Waals surface area contributed by atoms with Crippen molar-refractivity contribution in [2.75, 3.05) is 13.1 Å². The molecule has 1 aromatic heterocycles. The zero-order valence-corrected chi connectivity index (χ0v) is 10.8. The lowest BCUT2D eigenvalue weighted by Gasteiger charge is -2.41. The highest BCUT2D eigenvalue weighted by Gasteiger charge is 2.36. The average molecular weight is 237 g/mol. The first kappa shape index (κ1) is 12.1. The van der Waals surface area contributed by atoms with E-state index in [0.717, 1.165) is 11.4 Å². The van der Waals surface area contributed by atoms with Gasteiger partial charge in [0.05, 0.1) is 11.6 Å². The minimum absolute atomic E-state index is 0.199. The molecule has 2 rings (SSSR count). The zero-order chi connectivity index (χ0) is 12.7. The lowest BCUT2D eigenvalue weighted by atomic mass is 9.94. The monoisotopic (exact) mass is 237 g/mol. The highest BCUT2D eigenvalue weighted by molar-refractivity contribution is 5.71. The van der Waals surface area contributed by atoms with Crippen LogP contribution < -0.4 is 0 Å². The van der Waals surface area contributed by atoms with Crippen LogP contribution in [-0.2, 0) is 11.8 Å². The standard InChI is InChI=1S/C12H19N3O2/c1-7-11(8(2)14(4)13-7)9(3)15-5-10(6-15)12(16)17/h9-10H,5-6H2,1-4H3,(H,16,17). The van der Waals surface area contributed by atoms with Gasteiger partial charge in [0, 0.05) is 37.4 Å². The van der Waals surface area contributed by atoms with Gasteiger partial charge in [-0.2, -0.15) is 5.10 Å². The lowest BCUT2D eigenvalue weighted by molar-refractivity contribution is -0.148. The topological polar surface area (TPSA) is 58.4 Å². The number of hydrogen-bond acceptors (Lipinski definition) is 3. The van der Waals surface area contributed by atoms with Gasteiger partial charge in [-0.15, -0.1) is 0 Å². The van der Waals surface area contributed by atoms with Crippen molar-refractivity contribution in [2.24, 2.45) is 13.0 Å². The van der Waals surface area contributed by atoms with Crippen molar-refractivity contribution >= 4 is 5.97 Å². The summed E-state index contributed by atoms with van der Waals surface area (Å²) in [6.07, 6.45) is 0. The molecule has 2 heterocycles. The molecule has 1 atom stereocenters. The van der Waals surface area contributed by atoms with Crippen molar-refractivity contribution in [3.8, 4) is 0 Å². The van der Waals surface area contributed by atoms with Crippen molar-refractivity contribution in [3.63, 3.8) is 0 Å². The fourth-order valence-corrected chi connectivity index (χ4v) is 2.56. The summed E-state index contributed by atoms with van der Waals surface area (Å²) in [6, 6.07) is 0.249. The number of rotatable bonds is 3. The molecule has 94 valence electrons. The molecular weight excluding hydrogens is 218 g/mol. The minimum atomic E-state index is -0.687. The number of aryl methyl sites for hydroxylation is 2. The van der Waals surface area contributed by atoms with E-state index in [1.165, 1.54) is 5.56 Å². The number of aromatic nitrogens is 2. The molecule has 5 nitrogen and oxygen atoms in total. The second-order valence-corrected chi connectivity index (χ2v) is 4.87. The van der Waals surface area contributed by atoms with Crippen LogP contribution in [0, 0.1) is 19.8 Å². The molecule has 0 radical (unpaired) electrons. The average Bonchev–Trinajstić information content (AvgIpc) is 2.37. The normalized spacial score (nSPS) is 19.1.